The Morgan fingerprint density at radius 1 is 1.23 bits per heavy atom. The van der Waals surface area contributed by atoms with E-state index in [1.54, 1.807) is 12.1 Å². The first-order valence-corrected chi connectivity index (χ1v) is 8.56. The summed E-state index contributed by atoms with van der Waals surface area (Å²) in [7, 11) is 0. The fourth-order valence-electron chi connectivity index (χ4n) is 2.73. The van der Waals surface area contributed by atoms with Gasteiger partial charge < -0.3 is 5.11 Å². The van der Waals surface area contributed by atoms with Crippen molar-refractivity contribution in [1.29, 1.82) is 5.26 Å². The summed E-state index contributed by atoms with van der Waals surface area (Å²) >= 11 is 0. The number of aromatic nitrogens is 2. The molecule has 152 valence electrons. The van der Waals surface area contributed by atoms with Crippen LogP contribution in [-0.4, -0.2) is 14.7 Å². The van der Waals surface area contributed by atoms with Gasteiger partial charge in [-0.15, -0.1) is 5.11 Å². The lowest BCUT2D eigenvalue weighted by Crippen LogP contribution is -2.22. The van der Waals surface area contributed by atoms with E-state index in [-0.39, 0.29) is 29.0 Å². The van der Waals surface area contributed by atoms with Crippen LogP contribution in [0, 0.1) is 18.3 Å². The second-order valence-electron chi connectivity index (χ2n) is 6.28. The van der Waals surface area contributed by atoms with E-state index in [1.165, 1.54) is 31.5 Å². The molecule has 3 aromatic rings. The van der Waals surface area contributed by atoms with Gasteiger partial charge in [-0.25, -0.2) is 0 Å². The molecule has 1 N–H and O–H groups in total. The molecule has 0 saturated carbocycles. The summed E-state index contributed by atoms with van der Waals surface area (Å²) in [4.78, 5) is 16.8. The first-order valence-electron chi connectivity index (χ1n) is 8.56. The zero-order valence-corrected chi connectivity index (χ0v) is 15.6. The summed E-state index contributed by atoms with van der Waals surface area (Å²) in [6.45, 7) is 1.31. The van der Waals surface area contributed by atoms with E-state index in [4.69, 9.17) is 0 Å². The molecule has 0 bridgehead atoms. The second-order valence-corrected chi connectivity index (χ2v) is 6.28. The van der Waals surface area contributed by atoms with Crippen molar-refractivity contribution in [3.05, 3.63) is 81.4 Å². The third-order valence-electron chi connectivity index (χ3n) is 4.27. The fourth-order valence-corrected chi connectivity index (χ4v) is 2.73. The molecule has 0 spiro atoms. The highest BCUT2D eigenvalue weighted by atomic mass is 19.4. The summed E-state index contributed by atoms with van der Waals surface area (Å²) < 4.78 is 39.5. The predicted molar refractivity (Wildman–Crippen MR) is 101 cm³/mol. The average molecular weight is 413 g/mol. The first kappa shape index (κ1) is 20.7. The standard InChI is InChI=1S/C20H14F3N5O2/c1-12-16(9-24)18(29)28(11-13-4-3-7-25-10-13)19(30)17(12)27-26-15-6-2-5-14(8-15)20(21,22)23/h2-8,10,29H,11H2,1H3. The molecule has 3 rings (SSSR count). The number of halogens is 3. The molecular weight excluding hydrogens is 399 g/mol. The van der Waals surface area contributed by atoms with Crippen LogP contribution in [0.4, 0.5) is 24.5 Å². The minimum absolute atomic E-state index is 0.0677. The Kier molecular flexibility index (Phi) is 5.64. The monoisotopic (exact) mass is 413 g/mol. The van der Waals surface area contributed by atoms with Gasteiger partial charge in [0.25, 0.3) is 5.56 Å². The highest BCUT2D eigenvalue weighted by Gasteiger charge is 2.30. The van der Waals surface area contributed by atoms with Crippen LogP contribution in [0.5, 0.6) is 5.88 Å². The summed E-state index contributed by atoms with van der Waals surface area (Å²) in [5.74, 6) is -0.540. The summed E-state index contributed by atoms with van der Waals surface area (Å²) in [5.41, 5.74) is -1.56. The lowest BCUT2D eigenvalue weighted by Gasteiger charge is -2.13. The maximum absolute atomic E-state index is 12.9. The number of rotatable bonds is 4. The summed E-state index contributed by atoms with van der Waals surface area (Å²) in [6.07, 6.45) is -1.53. The molecule has 0 amide bonds. The van der Waals surface area contributed by atoms with Gasteiger partial charge in [0.1, 0.15) is 11.6 Å². The molecule has 1 aromatic carbocycles. The molecule has 0 fully saturated rings. The Balaban J connectivity index is 2.09. The summed E-state index contributed by atoms with van der Waals surface area (Å²) in [6, 6.07) is 9.27. The summed E-state index contributed by atoms with van der Waals surface area (Å²) in [5, 5.41) is 27.3. The van der Waals surface area contributed by atoms with Crippen LogP contribution in [0.25, 0.3) is 0 Å². The van der Waals surface area contributed by atoms with Gasteiger partial charge in [-0.05, 0) is 36.8 Å². The van der Waals surface area contributed by atoms with Crippen molar-refractivity contribution in [3.8, 4) is 11.9 Å². The second kappa shape index (κ2) is 8.16. The van der Waals surface area contributed by atoms with E-state index in [0.29, 0.717) is 5.56 Å². The van der Waals surface area contributed by atoms with Crippen LogP contribution < -0.4 is 5.56 Å². The van der Waals surface area contributed by atoms with Crippen LogP contribution in [0.15, 0.2) is 63.8 Å². The van der Waals surface area contributed by atoms with Gasteiger partial charge in [0.05, 0.1) is 17.8 Å². The third kappa shape index (κ3) is 4.20. The number of nitrogens with zero attached hydrogens (tertiary/aromatic N) is 5. The molecule has 0 unspecified atom stereocenters. The number of alkyl halides is 3. The zero-order valence-electron chi connectivity index (χ0n) is 15.6. The Hall–Kier alpha value is -4.00. The van der Waals surface area contributed by atoms with Crippen LogP contribution in [-0.2, 0) is 12.7 Å². The van der Waals surface area contributed by atoms with E-state index in [1.807, 2.05) is 6.07 Å². The Morgan fingerprint density at radius 2 is 2.00 bits per heavy atom. The topological polar surface area (TPSA) is 104 Å². The molecule has 0 aliphatic heterocycles. The van der Waals surface area contributed by atoms with Gasteiger partial charge in [0.2, 0.25) is 5.88 Å². The molecule has 7 nitrogen and oxygen atoms in total. The molecule has 0 atom stereocenters. The normalized spacial score (nSPS) is 11.6. The molecule has 0 aliphatic rings. The van der Waals surface area contributed by atoms with Gasteiger partial charge in [0.15, 0.2) is 5.69 Å². The average Bonchev–Trinajstić information content (AvgIpc) is 2.72. The molecular formula is C20H14F3N5O2. The number of hydrogen-bond donors (Lipinski definition) is 1. The number of aromatic hydroxyl groups is 1. The first-order chi connectivity index (χ1) is 14.2. The molecule has 10 heteroatoms. The van der Waals surface area contributed by atoms with E-state index in [2.05, 4.69) is 15.2 Å². The largest absolute Gasteiger partial charge is 0.493 e. The zero-order chi connectivity index (χ0) is 21.9. The van der Waals surface area contributed by atoms with Crippen molar-refractivity contribution < 1.29 is 18.3 Å². The number of hydrogen-bond acceptors (Lipinski definition) is 6. The smallest absolute Gasteiger partial charge is 0.416 e. The van der Waals surface area contributed by atoms with Gasteiger partial charge in [-0.3, -0.25) is 14.3 Å². The number of benzene rings is 1. The molecule has 30 heavy (non-hydrogen) atoms. The molecule has 0 saturated heterocycles. The van der Waals surface area contributed by atoms with E-state index in [0.717, 1.165) is 16.7 Å². The van der Waals surface area contributed by atoms with E-state index >= 15 is 0 Å². The van der Waals surface area contributed by atoms with Crippen LogP contribution >= 0.6 is 0 Å². The lowest BCUT2D eigenvalue weighted by atomic mass is 10.1. The molecule has 0 radical (unpaired) electrons. The number of pyridine rings is 2. The highest BCUT2D eigenvalue weighted by molar-refractivity contribution is 5.57. The van der Waals surface area contributed by atoms with Crippen molar-refractivity contribution in [2.45, 2.75) is 19.6 Å². The van der Waals surface area contributed by atoms with Crippen molar-refractivity contribution >= 4 is 11.4 Å². The number of azo groups is 1. The van der Waals surface area contributed by atoms with Gasteiger partial charge in [-0.2, -0.15) is 23.5 Å². The minimum Gasteiger partial charge on any atom is -0.493 e. The maximum atomic E-state index is 12.9. The van der Waals surface area contributed by atoms with Crippen molar-refractivity contribution in [2.75, 3.05) is 0 Å². The van der Waals surface area contributed by atoms with E-state index < -0.39 is 23.2 Å². The molecule has 2 heterocycles. The van der Waals surface area contributed by atoms with Crippen LogP contribution in [0.3, 0.4) is 0 Å². The fraction of sp³-hybridized carbons (Fsp3) is 0.150. The van der Waals surface area contributed by atoms with Gasteiger partial charge >= 0.3 is 6.18 Å². The predicted octanol–water partition coefficient (Wildman–Crippen LogP) is 4.61. The molecule has 0 aliphatic carbocycles. The Labute approximate surface area is 168 Å². The van der Waals surface area contributed by atoms with Gasteiger partial charge in [-0.1, -0.05) is 12.1 Å². The SMILES string of the molecule is Cc1c(C#N)c(O)n(Cc2cccnc2)c(=O)c1N=Nc1cccc(C(F)(F)F)c1. The minimum atomic E-state index is -4.55. The highest BCUT2D eigenvalue weighted by Crippen LogP contribution is 2.32. The van der Waals surface area contributed by atoms with E-state index in [9.17, 15) is 28.3 Å². The Bertz CT molecular complexity index is 1210. The maximum Gasteiger partial charge on any atom is 0.416 e. The van der Waals surface area contributed by atoms with Crippen molar-refractivity contribution in [1.82, 2.24) is 9.55 Å². The van der Waals surface area contributed by atoms with Crippen LogP contribution in [0.1, 0.15) is 22.3 Å². The van der Waals surface area contributed by atoms with Crippen LogP contribution in [0.2, 0.25) is 0 Å². The third-order valence-corrected chi connectivity index (χ3v) is 4.27. The van der Waals surface area contributed by atoms with Crippen molar-refractivity contribution in [3.63, 3.8) is 0 Å². The number of nitriles is 1. The quantitative estimate of drug-likeness (QED) is 0.631. The lowest BCUT2D eigenvalue weighted by molar-refractivity contribution is -0.137. The Morgan fingerprint density at radius 3 is 2.63 bits per heavy atom. The van der Waals surface area contributed by atoms with Crippen molar-refractivity contribution in [2.24, 2.45) is 10.2 Å². The molecule has 2 aromatic heterocycles. The van der Waals surface area contributed by atoms with Gasteiger partial charge in [0, 0.05) is 18.0 Å².